The second-order valence-electron chi connectivity index (χ2n) is 6.94. The maximum atomic E-state index is 12.5. The van der Waals surface area contributed by atoms with Crippen LogP contribution in [-0.4, -0.2) is 36.3 Å². The Morgan fingerprint density at radius 1 is 1.04 bits per heavy atom. The largest absolute Gasteiger partial charge is 0.483 e. The highest BCUT2D eigenvalue weighted by atomic mass is 16.5. The summed E-state index contributed by atoms with van der Waals surface area (Å²) in [4.78, 5) is 26.8. The molecule has 0 N–H and O–H groups in total. The first-order valence-electron chi connectivity index (χ1n) is 9.11. The van der Waals surface area contributed by atoms with Gasteiger partial charge in [-0.3, -0.25) is 9.59 Å². The van der Waals surface area contributed by atoms with Crippen molar-refractivity contribution in [1.29, 1.82) is 0 Å². The lowest BCUT2D eigenvalue weighted by molar-refractivity contribution is -0.134. The molecule has 26 heavy (non-hydrogen) atoms. The monoisotopic (exact) mass is 351 g/mol. The van der Waals surface area contributed by atoms with Crippen molar-refractivity contribution in [2.45, 2.75) is 26.7 Å². The third-order valence-corrected chi connectivity index (χ3v) is 4.97. The van der Waals surface area contributed by atoms with Crippen molar-refractivity contribution in [2.75, 3.05) is 19.7 Å². The first-order chi connectivity index (χ1) is 12.5. The Labute approximate surface area is 154 Å². The minimum atomic E-state index is -0.0171. The molecule has 0 atom stereocenters. The van der Waals surface area contributed by atoms with Crippen LogP contribution in [0.1, 0.15) is 34.3 Å². The molecule has 0 bridgehead atoms. The van der Waals surface area contributed by atoms with Gasteiger partial charge in [0.1, 0.15) is 5.75 Å². The molecule has 0 radical (unpaired) electrons. The van der Waals surface area contributed by atoms with Gasteiger partial charge in [0.05, 0.1) is 0 Å². The van der Waals surface area contributed by atoms with Crippen LogP contribution < -0.4 is 4.74 Å². The van der Waals surface area contributed by atoms with Gasteiger partial charge < -0.3 is 9.64 Å². The van der Waals surface area contributed by atoms with Crippen LogP contribution in [0.25, 0.3) is 0 Å². The number of benzene rings is 2. The fourth-order valence-corrected chi connectivity index (χ4v) is 3.32. The quantitative estimate of drug-likeness (QED) is 0.770. The maximum Gasteiger partial charge on any atom is 0.260 e. The van der Waals surface area contributed by atoms with Gasteiger partial charge in [0.2, 0.25) is 0 Å². The molecule has 2 aromatic rings. The molecule has 1 saturated heterocycles. The van der Waals surface area contributed by atoms with Crippen LogP contribution in [0.5, 0.6) is 5.75 Å². The number of carbonyl (C=O) groups excluding carboxylic acids is 2. The molecule has 0 spiro atoms. The van der Waals surface area contributed by atoms with E-state index in [2.05, 4.69) is 0 Å². The number of hydrogen-bond donors (Lipinski definition) is 0. The fraction of sp³-hybridized carbons (Fsp3) is 0.364. The maximum absolute atomic E-state index is 12.5. The van der Waals surface area contributed by atoms with Gasteiger partial charge in [-0.2, -0.15) is 0 Å². The van der Waals surface area contributed by atoms with Gasteiger partial charge in [-0.15, -0.1) is 0 Å². The summed E-state index contributed by atoms with van der Waals surface area (Å²) in [5.74, 6) is 0.926. The second-order valence-corrected chi connectivity index (χ2v) is 6.94. The molecule has 1 aliphatic rings. The lowest BCUT2D eigenvalue weighted by Crippen LogP contribution is -2.42. The molecule has 0 saturated carbocycles. The average Bonchev–Trinajstić information content (AvgIpc) is 2.68. The number of carbonyl (C=O) groups is 2. The van der Waals surface area contributed by atoms with Gasteiger partial charge in [-0.25, -0.2) is 0 Å². The van der Waals surface area contributed by atoms with Gasteiger partial charge in [-0.05, 0) is 43.9 Å². The normalized spacial score (nSPS) is 14.9. The van der Waals surface area contributed by atoms with E-state index in [1.165, 1.54) is 0 Å². The zero-order chi connectivity index (χ0) is 18.5. The van der Waals surface area contributed by atoms with E-state index in [0.717, 1.165) is 22.4 Å². The van der Waals surface area contributed by atoms with Crippen molar-refractivity contribution in [3.05, 3.63) is 65.2 Å². The number of aryl methyl sites for hydroxylation is 2. The Morgan fingerprint density at radius 2 is 1.73 bits per heavy atom. The minimum absolute atomic E-state index is 0.00128. The van der Waals surface area contributed by atoms with Crippen LogP contribution in [0.4, 0.5) is 0 Å². The molecular weight excluding hydrogens is 326 g/mol. The SMILES string of the molecule is Cc1ccc(C)c(OCC(=O)N2CCC(C(=O)c3ccccc3)CC2)c1. The third-order valence-electron chi connectivity index (χ3n) is 4.97. The number of piperidine rings is 1. The molecule has 4 nitrogen and oxygen atoms in total. The number of Topliss-reactive ketones (excluding diaryl/α,β-unsaturated/α-hetero) is 1. The van der Waals surface area contributed by atoms with Crippen molar-refractivity contribution in [3.8, 4) is 5.75 Å². The molecule has 4 heteroatoms. The van der Waals surface area contributed by atoms with Gasteiger partial charge in [-0.1, -0.05) is 42.5 Å². The lowest BCUT2D eigenvalue weighted by Gasteiger charge is -2.31. The summed E-state index contributed by atoms with van der Waals surface area (Å²) in [7, 11) is 0. The van der Waals surface area contributed by atoms with Crippen LogP contribution in [0, 0.1) is 19.8 Å². The van der Waals surface area contributed by atoms with Crippen molar-refractivity contribution < 1.29 is 14.3 Å². The molecule has 3 rings (SSSR count). The summed E-state index contributed by atoms with van der Waals surface area (Å²) in [5, 5.41) is 0. The zero-order valence-corrected chi connectivity index (χ0v) is 15.4. The number of nitrogens with zero attached hydrogens (tertiary/aromatic N) is 1. The predicted molar refractivity (Wildman–Crippen MR) is 101 cm³/mol. The number of likely N-dealkylation sites (tertiary alicyclic amines) is 1. The zero-order valence-electron chi connectivity index (χ0n) is 15.4. The molecule has 1 heterocycles. The van der Waals surface area contributed by atoms with Crippen molar-refractivity contribution >= 4 is 11.7 Å². The van der Waals surface area contributed by atoms with Gasteiger partial charge in [0.25, 0.3) is 5.91 Å². The highest BCUT2D eigenvalue weighted by Gasteiger charge is 2.28. The molecule has 1 amide bonds. The Bertz CT molecular complexity index is 777. The summed E-state index contributed by atoms with van der Waals surface area (Å²) in [6.45, 7) is 5.24. The standard InChI is InChI=1S/C22H25NO3/c1-16-8-9-17(2)20(14-16)26-15-21(24)23-12-10-19(11-13-23)22(25)18-6-4-3-5-7-18/h3-9,14,19H,10-13,15H2,1-2H3. The molecule has 136 valence electrons. The Kier molecular flexibility index (Phi) is 5.71. The average molecular weight is 351 g/mol. The smallest absolute Gasteiger partial charge is 0.260 e. The second kappa shape index (κ2) is 8.17. The van der Waals surface area contributed by atoms with Crippen LogP contribution in [0.15, 0.2) is 48.5 Å². The van der Waals surface area contributed by atoms with Crippen molar-refractivity contribution in [2.24, 2.45) is 5.92 Å². The van der Waals surface area contributed by atoms with E-state index in [1.807, 2.05) is 62.4 Å². The van der Waals surface area contributed by atoms with E-state index in [-0.39, 0.29) is 24.2 Å². The van der Waals surface area contributed by atoms with E-state index in [4.69, 9.17) is 4.74 Å². The Hall–Kier alpha value is -2.62. The first-order valence-corrected chi connectivity index (χ1v) is 9.11. The number of amides is 1. The molecule has 2 aromatic carbocycles. The number of rotatable bonds is 5. The fourth-order valence-electron chi connectivity index (χ4n) is 3.32. The predicted octanol–water partition coefficient (Wildman–Crippen LogP) is 3.80. The van der Waals surface area contributed by atoms with E-state index in [0.29, 0.717) is 25.9 Å². The Balaban J connectivity index is 1.50. The van der Waals surface area contributed by atoms with Crippen molar-refractivity contribution in [1.82, 2.24) is 4.90 Å². The molecular formula is C22H25NO3. The summed E-state index contributed by atoms with van der Waals surface area (Å²) in [6.07, 6.45) is 1.42. The van der Waals surface area contributed by atoms with Crippen LogP contribution in [0.2, 0.25) is 0 Å². The van der Waals surface area contributed by atoms with Crippen molar-refractivity contribution in [3.63, 3.8) is 0 Å². The number of ketones is 1. The van der Waals surface area contributed by atoms with Gasteiger partial charge >= 0.3 is 0 Å². The van der Waals surface area contributed by atoms with Crippen LogP contribution >= 0.6 is 0 Å². The molecule has 1 aliphatic heterocycles. The van der Waals surface area contributed by atoms with E-state index in [1.54, 1.807) is 4.90 Å². The van der Waals surface area contributed by atoms with Gasteiger partial charge in [0.15, 0.2) is 12.4 Å². The third kappa shape index (κ3) is 4.31. The molecule has 1 fully saturated rings. The first kappa shape index (κ1) is 18.2. The van der Waals surface area contributed by atoms with E-state index in [9.17, 15) is 9.59 Å². The highest BCUT2D eigenvalue weighted by Crippen LogP contribution is 2.23. The Morgan fingerprint density at radius 3 is 2.42 bits per heavy atom. The topological polar surface area (TPSA) is 46.6 Å². The number of hydrogen-bond acceptors (Lipinski definition) is 3. The highest BCUT2D eigenvalue weighted by molar-refractivity contribution is 5.98. The molecule has 0 unspecified atom stereocenters. The number of ether oxygens (including phenoxy) is 1. The lowest BCUT2D eigenvalue weighted by atomic mass is 9.89. The summed E-state index contributed by atoms with van der Waals surface area (Å²) in [5.41, 5.74) is 2.89. The summed E-state index contributed by atoms with van der Waals surface area (Å²) in [6, 6.07) is 15.4. The minimum Gasteiger partial charge on any atom is -0.483 e. The summed E-state index contributed by atoms with van der Waals surface area (Å²) < 4.78 is 5.72. The van der Waals surface area contributed by atoms with Gasteiger partial charge in [0, 0.05) is 24.6 Å². The van der Waals surface area contributed by atoms with E-state index < -0.39 is 0 Å². The van der Waals surface area contributed by atoms with E-state index >= 15 is 0 Å². The molecule has 0 aliphatic carbocycles. The summed E-state index contributed by atoms with van der Waals surface area (Å²) >= 11 is 0. The van der Waals surface area contributed by atoms with Crippen LogP contribution in [0.3, 0.4) is 0 Å². The van der Waals surface area contributed by atoms with Crippen LogP contribution in [-0.2, 0) is 4.79 Å². The molecule has 0 aromatic heterocycles.